The summed E-state index contributed by atoms with van der Waals surface area (Å²) in [6.45, 7) is 3.88. The van der Waals surface area contributed by atoms with Gasteiger partial charge in [0.05, 0.1) is 12.7 Å². The Labute approximate surface area is 106 Å². The molecule has 0 aromatic carbocycles. The lowest BCUT2D eigenvalue weighted by Gasteiger charge is -2.32. The molecule has 1 aliphatic heterocycles. The first kappa shape index (κ1) is 12.3. The van der Waals surface area contributed by atoms with Crippen molar-refractivity contribution in [2.45, 2.75) is 19.4 Å². The molecule has 1 fully saturated rings. The first-order valence-corrected chi connectivity index (χ1v) is 6.12. The minimum Gasteiger partial charge on any atom is -0.375 e. The maximum Gasteiger partial charge on any atom is 0.272 e. The van der Waals surface area contributed by atoms with Crippen LogP contribution in [0.25, 0.3) is 0 Å². The number of aromatic nitrogens is 1. The Hall–Kier alpha value is -1.13. The number of carbonyl (C=O) groups excluding carboxylic acids is 1. The quantitative estimate of drug-likeness (QED) is 0.758. The summed E-state index contributed by atoms with van der Waals surface area (Å²) in [5, 5.41) is 0.344. The second kappa shape index (κ2) is 5.47. The summed E-state index contributed by atoms with van der Waals surface area (Å²) in [4.78, 5) is 18.0. The number of rotatable bonds is 2. The van der Waals surface area contributed by atoms with Crippen molar-refractivity contribution >= 4 is 17.5 Å². The van der Waals surface area contributed by atoms with Crippen molar-refractivity contribution in [3.05, 3.63) is 29.0 Å². The number of nitrogens with zero attached hydrogens (tertiary/aromatic N) is 2. The van der Waals surface area contributed by atoms with E-state index in [2.05, 4.69) is 11.9 Å². The lowest BCUT2D eigenvalue weighted by Crippen LogP contribution is -2.45. The van der Waals surface area contributed by atoms with Crippen molar-refractivity contribution in [1.29, 1.82) is 0 Å². The highest BCUT2D eigenvalue weighted by Gasteiger charge is 2.24. The highest BCUT2D eigenvalue weighted by Crippen LogP contribution is 2.13. The topological polar surface area (TPSA) is 42.4 Å². The molecule has 4 nitrogen and oxygen atoms in total. The van der Waals surface area contributed by atoms with Crippen LogP contribution in [0.2, 0.25) is 5.15 Å². The summed E-state index contributed by atoms with van der Waals surface area (Å²) in [6, 6.07) is 5.08. The van der Waals surface area contributed by atoms with Crippen molar-refractivity contribution < 1.29 is 9.53 Å². The third-order valence-electron chi connectivity index (χ3n) is 2.82. The summed E-state index contributed by atoms with van der Waals surface area (Å²) in [5.41, 5.74) is 0.397. The van der Waals surface area contributed by atoms with Crippen molar-refractivity contribution in [3.8, 4) is 0 Å². The number of pyridine rings is 1. The SMILES string of the molecule is CCC1CN(C(=O)c2cccc(Cl)n2)CCO1. The molecule has 0 bridgehead atoms. The highest BCUT2D eigenvalue weighted by atomic mass is 35.5. The smallest absolute Gasteiger partial charge is 0.272 e. The molecule has 0 radical (unpaired) electrons. The van der Waals surface area contributed by atoms with Gasteiger partial charge in [0.2, 0.25) is 0 Å². The number of hydrogen-bond donors (Lipinski definition) is 0. The van der Waals surface area contributed by atoms with Gasteiger partial charge in [0.15, 0.2) is 0 Å². The zero-order chi connectivity index (χ0) is 12.3. The van der Waals surface area contributed by atoms with Crippen molar-refractivity contribution in [2.24, 2.45) is 0 Å². The third-order valence-corrected chi connectivity index (χ3v) is 3.03. The monoisotopic (exact) mass is 254 g/mol. The predicted molar refractivity (Wildman–Crippen MR) is 65.2 cm³/mol. The van der Waals surface area contributed by atoms with Gasteiger partial charge in [-0.3, -0.25) is 4.79 Å². The van der Waals surface area contributed by atoms with Gasteiger partial charge in [-0.25, -0.2) is 4.98 Å². The van der Waals surface area contributed by atoms with Crippen LogP contribution in [0.3, 0.4) is 0 Å². The van der Waals surface area contributed by atoms with Crippen molar-refractivity contribution in [1.82, 2.24) is 9.88 Å². The first-order valence-electron chi connectivity index (χ1n) is 5.74. The Balaban J connectivity index is 2.09. The second-order valence-corrected chi connectivity index (χ2v) is 4.39. The summed E-state index contributed by atoms with van der Waals surface area (Å²) in [7, 11) is 0. The van der Waals surface area contributed by atoms with E-state index in [4.69, 9.17) is 16.3 Å². The average molecular weight is 255 g/mol. The van der Waals surface area contributed by atoms with E-state index in [1.807, 2.05) is 0 Å². The van der Waals surface area contributed by atoms with E-state index in [0.29, 0.717) is 30.5 Å². The molecule has 92 valence electrons. The van der Waals surface area contributed by atoms with Crippen LogP contribution in [0.5, 0.6) is 0 Å². The predicted octanol–water partition coefficient (Wildman–Crippen LogP) is 1.99. The van der Waals surface area contributed by atoms with Crippen LogP contribution in [0.1, 0.15) is 23.8 Å². The van der Waals surface area contributed by atoms with Crippen molar-refractivity contribution in [3.63, 3.8) is 0 Å². The lowest BCUT2D eigenvalue weighted by atomic mass is 10.2. The van der Waals surface area contributed by atoms with E-state index in [1.54, 1.807) is 23.1 Å². The molecule has 1 aromatic heterocycles. The lowest BCUT2D eigenvalue weighted by molar-refractivity contribution is -0.0228. The highest BCUT2D eigenvalue weighted by molar-refractivity contribution is 6.29. The Bertz CT molecular complexity index is 411. The average Bonchev–Trinajstić information content (AvgIpc) is 2.38. The molecule has 1 amide bonds. The van der Waals surface area contributed by atoms with E-state index >= 15 is 0 Å². The molecule has 2 rings (SSSR count). The van der Waals surface area contributed by atoms with Gasteiger partial charge >= 0.3 is 0 Å². The summed E-state index contributed by atoms with van der Waals surface area (Å²) in [5.74, 6) is -0.0748. The molecule has 1 unspecified atom stereocenters. The fourth-order valence-electron chi connectivity index (χ4n) is 1.84. The van der Waals surface area contributed by atoms with Crippen LogP contribution in [0, 0.1) is 0 Å². The molecular weight excluding hydrogens is 240 g/mol. The number of carbonyl (C=O) groups is 1. The third kappa shape index (κ3) is 2.96. The largest absolute Gasteiger partial charge is 0.375 e. The molecule has 0 spiro atoms. The van der Waals surface area contributed by atoms with Gasteiger partial charge in [0, 0.05) is 13.1 Å². The summed E-state index contributed by atoms with van der Waals surface area (Å²) < 4.78 is 5.53. The molecule has 1 aliphatic rings. The molecule has 1 aromatic rings. The molecular formula is C12H15ClN2O2. The van der Waals surface area contributed by atoms with Gasteiger partial charge in [-0.2, -0.15) is 0 Å². The van der Waals surface area contributed by atoms with E-state index < -0.39 is 0 Å². The van der Waals surface area contributed by atoms with Crippen LogP contribution in [-0.2, 0) is 4.74 Å². The van der Waals surface area contributed by atoms with E-state index in [1.165, 1.54) is 0 Å². The summed E-state index contributed by atoms with van der Waals surface area (Å²) >= 11 is 5.78. The Morgan fingerprint density at radius 3 is 3.18 bits per heavy atom. The van der Waals surface area contributed by atoms with Gasteiger partial charge in [-0.05, 0) is 18.6 Å². The van der Waals surface area contributed by atoms with Gasteiger partial charge in [0.25, 0.3) is 5.91 Å². The van der Waals surface area contributed by atoms with Crippen molar-refractivity contribution in [2.75, 3.05) is 19.7 Å². The fourth-order valence-corrected chi connectivity index (χ4v) is 2.00. The Morgan fingerprint density at radius 2 is 2.47 bits per heavy atom. The number of ether oxygens (including phenoxy) is 1. The summed E-state index contributed by atoms with van der Waals surface area (Å²) in [6.07, 6.45) is 1.04. The van der Waals surface area contributed by atoms with Crippen LogP contribution >= 0.6 is 11.6 Å². The van der Waals surface area contributed by atoms with Gasteiger partial charge in [-0.1, -0.05) is 24.6 Å². The molecule has 17 heavy (non-hydrogen) atoms. The van der Waals surface area contributed by atoms with E-state index in [9.17, 15) is 4.79 Å². The molecule has 5 heteroatoms. The molecule has 0 saturated carbocycles. The van der Waals surface area contributed by atoms with Crippen LogP contribution in [0.4, 0.5) is 0 Å². The Morgan fingerprint density at radius 1 is 1.65 bits per heavy atom. The molecule has 0 N–H and O–H groups in total. The number of halogens is 1. The first-order chi connectivity index (χ1) is 8.20. The maximum absolute atomic E-state index is 12.2. The molecule has 0 aliphatic carbocycles. The zero-order valence-electron chi connectivity index (χ0n) is 9.73. The normalized spacial score (nSPS) is 20.4. The van der Waals surface area contributed by atoms with Crippen LogP contribution in [0.15, 0.2) is 18.2 Å². The molecule has 2 heterocycles. The van der Waals surface area contributed by atoms with Crippen LogP contribution < -0.4 is 0 Å². The molecule has 1 saturated heterocycles. The van der Waals surface area contributed by atoms with Gasteiger partial charge in [-0.15, -0.1) is 0 Å². The van der Waals surface area contributed by atoms with E-state index in [0.717, 1.165) is 6.42 Å². The van der Waals surface area contributed by atoms with Crippen LogP contribution in [-0.4, -0.2) is 41.6 Å². The number of morpholine rings is 1. The number of amides is 1. The zero-order valence-corrected chi connectivity index (χ0v) is 10.5. The molecule has 1 atom stereocenters. The van der Waals surface area contributed by atoms with Gasteiger partial charge in [0.1, 0.15) is 10.8 Å². The number of hydrogen-bond acceptors (Lipinski definition) is 3. The van der Waals surface area contributed by atoms with E-state index in [-0.39, 0.29) is 12.0 Å². The second-order valence-electron chi connectivity index (χ2n) is 4.00. The standard InChI is InChI=1S/C12H15ClN2O2/c1-2-9-8-15(6-7-17-9)12(16)10-4-3-5-11(13)14-10/h3-5,9H,2,6-8H2,1H3. The Kier molecular flexibility index (Phi) is 3.97. The van der Waals surface area contributed by atoms with Gasteiger partial charge < -0.3 is 9.64 Å². The fraction of sp³-hybridized carbons (Fsp3) is 0.500. The minimum absolute atomic E-state index is 0.0748. The minimum atomic E-state index is -0.0748. The maximum atomic E-state index is 12.2.